The second-order valence-electron chi connectivity index (χ2n) is 5.21. The summed E-state index contributed by atoms with van der Waals surface area (Å²) in [5.41, 5.74) is 5.27. The summed E-state index contributed by atoms with van der Waals surface area (Å²) in [6.45, 7) is 7.96. The quantitative estimate of drug-likeness (QED) is 0.606. The maximum absolute atomic E-state index is 5.71. The summed E-state index contributed by atoms with van der Waals surface area (Å²) in [7, 11) is 0. The molecule has 18 heavy (non-hydrogen) atoms. The van der Waals surface area contributed by atoms with Gasteiger partial charge in [0.25, 0.3) is 0 Å². The van der Waals surface area contributed by atoms with Crippen molar-refractivity contribution in [3.05, 3.63) is 17.5 Å². The molecule has 0 aliphatic carbocycles. The van der Waals surface area contributed by atoms with E-state index in [2.05, 4.69) is 35.1 Å². The highest BCUT2D eigenvalue weighted by molar-refractivity contribution is 5.11. The molecule has 2 rings (SSSR count). The SMILES string of the molecule is CCn1nc(C)cc1CC(NN)C1COC(C)C1. The molecule has 0 aromatic carbocycles. The standard InChI is InChI=1S/C13H24N4O/c1-4-17-12(5-9(2)16-17)7-13(15-14)11-6-10(3)18-8-11/h5,10-11,13,15H,4,6-8,14H2,1-3H3. The van der Waals surface area contributed by atoms with Crippen LogP contribution in [0.2, 0.25) is 0 Å². The minimum atomic E-state index is 0.261. The van der Waals surface area contributed by atoms with Gasteiger partial charge in [-0.1, -0.05) is 0 Å². The van der Waals surface area contributed by atoms with E-state index in [0.29, 0.717) is 12.0 Å². The van der Waals surface area contributed by atoms with Crippen molar-refractivity contribution in [3.8, 4) is 0 Å². The highest BCUT2D eigenvalue weighted by Crippen LogP contribution is 2.24. The zero-order valence-electron chi connectivity index (χ0n) is 11.5. The fourth-order valence-corrected chi connectivity index (χ4v) is 2.75. The number of hydrogen-bond acceptors (Lipinski definition) is 4. The average molecular weight is 252 g/mol. The molecule has 0 saturated carbocycles. The molecule has 1 aromatic heterocycles. The van der Waals surface area contributed by atoms with E-state index in [9.17, 15) is 0 Å². The molecule has 0 spiro atoms. The Balaban J connectivity index is 2.05. The van der Waals surface area contributed by atoms with E-state index in [1.807, 2.05) is 6.92 Å². The van der Waals surface area contributed by atoms with Crippen molar-refractivity contribution in [1.29, 1.82) is 0 Å². The van der Waals surface area contributed by atoms with Gasteiger partial charge < -0.3 is 4.74 Å². The Morgan fingerprint density at radius 1 is 1.67 bits per heavy atom. The van der Waals surface area contributed by atoms with Crippen molar-refractivity contribution in [2.24, 2.45) is 11.8 Å². The van der Waals surface area contributed by atoms with Crippen molar-refractivity contribution in [3.63, 3.8) is 0 Å². The van der Waals surface area contributed by atoms with Crippen LogP contribution in [0.25, 0.3) is 0 Å². The lowest BCUT2D eigenvalue weighted by Gasteiger charge is -2.21. The highest BCUT2D eigenvalue weighted by Gasteiger charge is 2.29. The maximum Gasteiger partial charge on any atom is 0.0596 e. The monoisotopic (exact) mass is 252 g/mol. The van der Waals surface area contributed by atoms with Gasteiger partial charge in [-0.25, -0.2) is 0 Å². The van der Waals surface area contributed by atoms with Crippen LogP contribution in [0.15, 0.2) is 6.07 Å². The number of aryl methyl sites for hydroxylation is 2. The van der Waals surface area contributed by atoms with Crippen molar-refractivity contribution >= 4 is 0 Å². The number of hydrogen-bond donors (Lipinski definition) is 2. The predicted molar refractivity (Wildman–Crippen MR) is 71.0 cm³/mol. The van der Waals surface area contributed by atoms with E-state index in [-0.39, 0.29) is 6.04 Å². The molecule has 3 N–H and O–H groups in total. The first-order chi connectivity index (χ1) is 8.63. The van der Waals surface area contributed by atoms with Crippen molar-refractivity contribution < 1.29 is 4.74 Å². The van der Waals surface area contributed by atoms with Gasteiger partial charge in [-0.3, -0.25) is 16.0 Å². The second-order valence-corrected chi connectivity index (χ2v) is 5.21. The minimum Gasteiger partial charge on any atom is -0.378 e. The zero-order valence-corrected chi connectivity index (χ0v) is 11.5. The first-order valence-electron chi connectivity index (χ1n) is 6.75. The molecule has 2 heterocycles. The fourth-order valence-electron chi connectivity index (χ4n) is 2.75. The zero-order chi connectivity index (χ0) is 13.1. The molecule has 3 unspecified atom stereocenters. The van der Waals surface area contributed by atoms with Gasteiger partial charge in [0.1, 0.15) is 0 Å². The van der Waals surface area contributed by atoms with E-state index in [0.717, 1.165) is 31.7 Å². The number of rotatable bonds is 5. The Morgan fingerprint density at radius 2 is 2.44 bits per heavy atom. The van der Waals surface area contributed by atoms with Gasteiger partial charge in [0.2, 0.25) is 0 Å². The van der Waals surface area contributed by atoms with Gasteiger partial charge >= 0.3 is 0 Å². The summed E-state index contributed by atoms with van der Waals surface area (Å²) < 4.78 is 7.68. The Bertz CT molecular complexity index is 390. The summed E-state index contributed by atoms with van der Waals surface area (Å²) in [5.74, 6) is 6.20. The third kappa shape index (κ3) is 2.91. The van der Waals surface area contributed by atoms with Crippen LogP contribution >= 0.6 is 0 Å². The summed E-state index contributed by atoms with van der Waals surface area (Å²) in [6, 6.07) is 2.41. The van der Waals surface area contributed by atoms with Gasteiger partial charge in [-0.2, -0.15) is 5.10 Å². The summed E-state index contributed by atoms with van der Waals surface area (Å²) in [4.78, 5) is 0. The number of ether oxygens (including phenoxy) is 1. The van der Waals surface area contributed by atoms with Gasteiger partial charge in [0.05, 0.1) is 18.4 Å². The number of nitrogens with one attached hydrogen (secondary N) is 1. The predicted octanol–water partition coefficient (Wildman–Crippen LogP) is 1.01. The van der Waals surface area contributed by atoms with Crippen LogP contribution in [0, 0.1) is 12.8 Å². The van der Waals surface area contributed by atoms with Gasteiger partial charge in [0.15, 0.2) is 0 Å². The van der Waals surface area contributed by atoms with Gasteiger partial charge in [-0.15, -0.1) is 0 Å². The Kier molecular flexibility index (Phi) is 4.37. The normalized spacial score (nSPS) is 25.6. The molecule has 1 aliphatic heterocycles. The molecule has 1 saturated heterocycles. The molecular weight excluding hydrogens is 228 g/mol. The largest absolute Gasteiger partial charge is 0.378 e. The number of hydrazine groups is 1. The van der Waals surface area contributed by atoms with E-state index < -0.39 is 0 Å². The Morgan fingerprint density at radius 3 is 3.00 bits per heavy atom. The Hall–Kier alpha value is -0.910. The molecule has 1 aromatic rings. The first-order valence-corrected chi connectivity index (χ1v) is 6.75. The molecule has 3 atom stereocenters. The van der Waals surface area contributed by atoms with Crippen molar-refractivity contribution in [1.82, 2.24) is 15.2 Å². The third-order valence-corrected chi connectivity index (χ3v) is 3.73. The minimum absolute atomic E-state index is 0.261. The van der Waals surface area contributed by atoms with E-state index in [1.165, 1.54) is 5.69 Å². The van der Waals surface area contributed by atoms with Crippen LogP contribution in [0.5, 0.6) is 0 Å². The van der Waals surface area contributed by atoms with Gasteiger partial charge in [-0.05, 0) is 33.3 Å². The topological polar surface area (TPSA) is 65.1 Å². The molecule has 0 amide bonds. The molecule has 1 aliphatic rings. The van der Waals surface area contributed by atoms with Crippen LogP contribution < -0.4 is 11.3 Å². The molecule has 1 fully saturated rings. The molecule has 0 radical (unpaired) electrons. The average Bonchev–Trinajstić information content (AvgIpc) is 2.92. The third-order valence-electron chi connectivity index (χ3n) is 3.73. The second kappa shape index (κ2) is 5.82. The maximum atomic E-state index is 5.71. The lowest BCUT2D eigenvalue weighted by molar-refractivity contribution is 0.116. The Labute approximate surface area is 109 Å². The van der Waals surface area contributed by atoms with Gasteiger partial charge in [0, 0.05) is 30.6 Å². The fraction of sp³-hybridized carbons (Fsp3) is 0.769. The number of nitrogens with two attached hydrogens (primary N) is 1. The highest BCUT2D eigenvalue weighted by atomic mass is 16.5. The van der Waals surface area contributed by atoms with E-state index in [4.69, 9.17) is 10.6 Å². The number of nitrogens with zero attached hydrogens (tertiary/aromatic N) is 2. The molecule has 5 nitrogen and oxygen atoms in total. The van der Waals surface area contributed by atoms with Crippen LogP contribution in [0.3, 0.4) is 0 Å². The first kappa shape index (κ1) is 13.5. The van der Waals surface area contributed by atoms with Crippen LogP contribution in [-0.2, 0) is 17.7 Å². The summed E-state index contributed by atoms with van der Waals surface area (Å²) >= 11 is 0. The van der Waals surface area contributed by atoms with Crippen LogP contribution in [0.1, 0.15) is 31.7 Å². The number of aromatic nitrogens is 2. The lowest BCUT2D eigenvalue weighted by Crippen LogP contribution is -2.43. The van der Waals surface area contributed by atoms with Crippen molar-refractivity contribution in [2.45, 2.75) is 52.3 Å². The molecule has 102 valence electrons. The van der Waals surface area contributed by atoms with Crippen LogP contribution in [0.4, 0.5) is 0 Å². The molecule has 5 heteroatoms. The molecular formula is C13H24N4O. The van der Waals surface area contributed by atoms with Crippen LogP contribution in [-0.4, -0.2) is 28.5 Å². The summed E-state index contributed by atoms with van der Waals surface area (Å²) in [5, 5.41) is 4.47. The van der Waals surface area contributed by atoms with Crippen molar-refractivity contribution in [2.75, 3.05) is 6.61 Å². The van der Waals surface area contributed by atoms with E-state index >= 15 is 0 Å². The van der Waals surface area contributed by atoms with E-state index in [1.54, 1.807) is 0 Å². The smallest absolute Gasteiger partial charge is 0.0596 e. The molecule has 0 bridgehead atoms. The summed E-state index contributed by atoms with van der Waals surface area (Å²) in [6.07, 6.45) is 2.34. The lowest BCUT2D eigenvalue weighted by atomic mass is 9.93.